The van der Waals surface area contributed by atoms with Crippen LogP contribution in [0.3, 0.4) is 0 Å². The number of fused-ring (bicyclic) bond motifs is 1. The van der Waals surface area contributed by atoms with Crippen LogP contribution in [0.5, 0.6) is 0 Å². The fourth-order valence-electron chi connectivity index (χ4n) is 3.48. The van der Waals surface area contributed by atoms with Crippen molar-refractivity contribution in [3.05, 3.63) is 53.3 Å². The molecule has 1 N–H and O–H groups in total. The number of benzene rings is 1. The maximum Gasteiger partial charge on any atom is 0.349 e. The normalized spacial score (nSPS) is 18.8. The highest BCUT2D eigenvalue weighted by Crippen LogP contribution is 2.32. The molecule has 0 aliphatic carbocycles. The molecular formula is C20H20ClN5O4. The summed E-state index contributed by atoms with van der Waals surface area (Å²) in [4.78, 5) is 49.9. The SMILES string of the molecule is CC(=O)N1CCN2C(=O)N(c3ccc(NC(=O)c4ccccn4)cc3Cl)OCC2C1. The standard InChI is InChI=1S/C20H20ClN5O4/c1-13(27)24-8-9-25-15(11-24)12-30-26(20(25)29)18-6-5-14(10-16(18)21)23-19(28)17-4-2-3-7-22-17/h2-7,10,15H,8-9,11-12H2,1H3,(H,23,28). The first kappa shape index (κ1) is 20.1. The number of carbonyl (C=O) groups is 3. The molecule has 9 nitrogen and oxygen atoms in total. The van der Waals surface area contributed by atoms with Crippen molar-refractivity contribution >= 4 is 40.8 Å². The number of amides is 4. The number of rotatable bonds is 3. The molecule has 2 aliphatic rings. The van der Waals surface area contributed by atoms with E-state index in [1.807, 2.05) is 0 Å². The third kappa shape index (κ3) is 3.94. The summed E-state index contributed by atoms with van der Waals surface area (Å²) < 4.78 is 0. The first-order chi connectivity index (χ1) is 14.4. The number of anilines is 2. The smallest absolute Gasteiger partial charge is 0.339 e. The molecular weight excluding hydrogens is 410 g/mol. The topological polar surface area (TPSA) is 95.1 Å². The van der Waals surface area contributed by atoms with E-state index in [9.17, 15) is 14.4 Å². The molecule has 1 unspecified atom stereocenters. The van der Waals surface area contributed by atoms with Crippen molar-refractivity contribution in [3.8, 4) is 0 Å². The van der Waals surface area contributed by atoms with Crippen LogP contribution in [-0.2, 0) is 9.63 Å². The van der Waals surface area contributed by atoms with E-state index in [2.05, 4.69) is 10.3 Å². The van der Waals surface area contributed by atoms with E-state index in [1.165, 1.54) is 13.1 Å². The van der Waals surface area contributed by atoms with Gasteiger partial charge in [0.25, 0.3) is 5.91 Å². The zero-order valence-corrected chi connectivity index (χ0v) is 17.0. The molecule has 156 valence electrons. The van der Waals surface area contributed by atoms with Gasteiger partial charge in [-0.25, -0.2) is 4.79 Å². The summed E-state index contributed by atoms with van der Waals surface area (Å²) in [5.74, 6) is -0.383. The zero-order chi connectivity index (χ0) is 21.3. The van der Waals surface area contributed by atoms with Crippen molar-refractivity contribution in [2.24, 2.45) is 0 Å². The van der Waals surface area contributed by atoms with Gasteiger partial charge in [0, 0.05) is 38.4 Å². The Morgan fingerprint density at radius 2 is 2.07 bits per heavy atom. The summed E-state index contributed by atoms with van der Waals surface area (Å²) in [6.45, 7) is 3.13. The summed E-state index contributed by atoms with van der Waals surface area (Å²) in [5, 5.41) is 4.14. The Morgan fingerprint density at radius 1 is 1.23 bits per heavy atom. The lowest BCUT2D eigenvalue weighted by molar-refractivity contribution is -0.132. The minimum atomic E-state index is -0.365. The van der Waals surface area contributed by atoms with E-state index in [4.69, 9.17) is 16.4 Å². The molecule has 30 heavy (non-hydrogen) atoms. The number of piperazine rings is 1. The summed E-state index contributed by atoms with van der Waals surface area (Å²) in [6, 6.07) is 9.33. The molecule has 0 bridgehead atoms. The number of urea groups is 1. The summed E-state index contributed by atoms with van der Waals surface area (Å²) in [7, 11) is 0. The fraction of sp³-hybridized carbons (Fsp3) is 0.300. The van der Waals surface area contributed by atoms with Crippen LogP contribution in [0.15, 0.2) is 42.6 Å². The van der Waals surface area contributed by atoms with Gasteiger partial charge in [-0.15, -0.1) is 0 Å². The van der Waals surface area contributed by atoms with Crippen LogP contribution in [0.2, 0.25) is 5.02 Å². The number of hydrogen-bond donors (Lipinski definition) is 1. The number of carbonyl (C=O) groups excluding carboxylic acids is 3. The molecule has 1 aromatic carbocycles. The fourth-order valence-corrected chi connectivity index (χ4v) is 3.74. The van der Waals surface area contributed by atoms with Gasteiger partial charge < -0.3 is 15.1 Å². The molecule has 4 amide bonds. The molecule has 2 saturated heterocycles. The molecule has 2 aromatic rings. The molecule has 0 saturated carbocycles. The van der Waals surface area contributed by atoms with Crippen LogP contribution >= 0.6 is 11.6 Å². The molecule has 1 atom stereocenters. The lowest BCUT2D eigenvalue weighted by atomic mass is 10.1. The predicted molar refractivity (Wildman–Crippen MR) is 110 cm³/mol. The molecule has 10 heteroatoms. The molecule has 2 aliphatic heterocycles. The van der Waals surface area contributed by atoms with Gasteiger partial charge in [-0.05, 0) is 30.3 Å². The van der Waals surface area contributed by atoms with E-state index in [1.54, 1.807) is 46.2 Å². The average Bonchev–Trinajstić information content (AvgIpc) is 2.75. The van der Waals surface area contributed by atoms with Crippen LogP contribution in [-0.4, -0.2) is 64.9 Å². The maximum absolute atomic E-state index is 12.9. The van der Waals surface area contributed by atoms with Gasteiger partial charge >= 0.3 is 6.03 Å². The summed E-state index contributed by atoms with van der Waals surface area (Å²) >= 11 is 6.39. The van der Waals surface area contributed by atoms with Gasteiger partial charge in [0.05, 0.1) is 23.4 Å². The largest absolute Gasteiger partial charge is 0.349 e. The summed E-state index contributed by atoms with van der Waals surface area (Å²) in [6.07, 6.45) is 1.54. The van der Waals surface area contributed by atoms with Crippen molar-refractivity contribution in [2.75, 3.05) is 36.6 Å². The van der Waals surface area contributed by atoms with Crippen LogP contribution in [0.1, 0.15) is 17.4 Å². The highest BCUT2D eigenvalue weighted by molar-refractivity contribution is 6.34. The molecule has 2 fully saturated rings. The van der Waals surface area contributed by atoms with Crippen LogP contribution in [0, 0.1) is 0 Å². The van der Waals surface area contributed by atoms with Gasteiger partial charge in [0.15, 0.2) is 0 Å². The Labute approximate surface area is 178 Å². The number of nitrogens with one attached hydrogen (secondary N) is 1. The zero-order valence-electron chi connectivity index (χ0n) is 16.2. The van der Waals surface area contributed by atoms with Crippen molar-refractivity contribution in [2.45, 2.75) is 13.0 Å². The lowest BCUT2D eigenvalue weighted by Crippen LogP contribution is -2.64. The van der Waals surface area contributed by atoms with E-state index in [-0.39, 0.29) is 41.2 Å². The quantitative estimate of drug-likeness (QED) is 0.808. The molecule has 4 rings (SSSR count). The Hall–Kier alpha value is -3.17. The van der Waals surface area contributed by atoms with E-state index < -0.39 is 0 Å². The Kier molecular flexibility index (Phi) is 5.56. The van der Waals surface area contributed by atoms with E-state index in [0.29, 0.717) is 31.0 Å². The first-order valence-electron chi connectivity index (χ1n) is 9.45. The van der Waals surface area contributed by atoms with Crippen LogP contribution < -0.4 is 10.4 Å². The first-order valence-corrected chi connectivity index (χ1v) is 9.83. The van der Waals surface area contributed by atoms with Crippen molar-refractivity contribution < 1.29 is 19.2 Å². The Bertz CT molecular complexity index is 986. The summed E-state index contributed by atoms with van der Waals surface area (Å²) in [5.41, 5.74) is 1.13. The second-order valence-electron chi connectivity index (χ2n) is 7.02. The Morgan fingerprint density at radius 3 is 2.77 bits per heavy atom. The van der Waals surface area contributed by atoms with Gasteiger partial charge in [-0.3, -0.25) is 19.4 Å². The van der Waals surface area contributed by atoms with Gasteiger partial charge in [-0.1, -0.05) is 17.7 Å². The number of halogens is 1. The van der Waals surface area contributed by atoms with Gasteiger partial charge in [0.1, 0.15) is 5.69 Å². The number of aromatic nitrogens is 1. The highest BCUT2D eigenvalue weighted by atomic mass is 35.5. The minimum absolute atomic E-state index is 0.0177. The van der Waals surface area contributed by atoms with Crippen LogP contribution in [0.4, 0.5) is 16.2 Å². The Balaban J connectivity index is 1.47. The third-order valence-electron chi connectivity index (χ3n) is 5.07. The van der Waals surface area contributed by atoms with Crippen LogP contribution in [0.25, 0.3) is 0 Å². The van der Waals surface area contributed by atoms with Gasteiger partial charge in [0.2, 0.25) is 5.91 Å². The maximum atomic E-state index is 12.9. The molecule has 0 spiro atoms. The van der Waals surface area contributed by atoms with E-state index in [0.717, 1.165) is 5.06 Å². The number of hydrogen-bond acceptors (Lipinski definition) is 5. The average molecular weight is 430 g/mol. The second-order valence-corrected chi connectivity index (χ2v) is 7.43. The number of hydroxylamine groups is 1. The second kappa shape index (κ2) is 8.29. The van der Waals surface area contributed by atoms with Gasteiger partial charge in [-0.2, -0.15) is 5.06 Å². The molecule has 3 heterocycles. The number of nitrogens with zero attached hydrogens (tertiary/aromatic N) is 4. The van der Waals surface area contributed by atoms with Crippen molar-refractivity contribution in [1.29, 1.82) is 0 Å². The lowest BCUT2D eigenvalue weighted by Gasteiger charge is -2.46. The monoisotopic (exact) mass is 429 g/mol. The van der Waals surface area contributed by atoms with E-state index >= 15 is 0 Å². The minimum Gasteiger partial charge on any atom is -0.339 e. The van der Waals surface area contributed by atoms with Crippen molar-refractivity contribution in [1.82, 2.24) is 14.8 Å². The predicted octanol–water partition coefficient (Wildman–Crippen LogP) is 2.39. The molecule has 1 aromatic heterocycles. The molecule has 0 radical (unpaired) electrons. The number of pyridine rings is 1. The highest BCUT2D eigenvalue weighted by Gasteiger charge is 2.40. The third-order valence-corrected chi connectivity index (χ3v) is 5.37. The van der Waals surface area contributed by atoms with Crippen molar-refractivity contribution in [3.63, 3.8) is 0 Å².